The van der Waals surface area contributed by atoms with Crippen molar-refractivity contribution >= 4 is 21.4 Å². The van der Waals surface area contributed by atoms with E-state index in [2.05, 4.69) is 37.0 Å². The average molecular weight is 594 g/mol. The zero-order valence-electron chi connectivity index (χ0n) is 23.2. The van der Waals surface area contributed by atoms with Crippen molar-refractivity contribution in [2.45, 2.75) is 29.9 Å². The van der Waals surface area contributed by atoms with Crippen molar-refractivity contribution in [1.82, 2.24) is 29.5 Å². The van der Waals surface area contributed by atoms with Crippen molar-refractivity contribution in [3.8, 4) is 34.3 Å². The van der Waals surface area contributed by atoms with Gasteiger partial charge in [-0.15, -0.1) is 0 Å². The maximum atomic E-state index is 11.7. The van der Waals surface area contributed by atoms with Crippen molar-refractivity contribution in [2.75, 3.05) is 25.1 Å². The molecule has 3 fully saturated rings. The Balaban J connectivity index is 1.13. The fourth-order valence-corrected chi connectivity index (χ4v) is 6.44. The first-order valence-corrected chi connectivity index (χ1v) is 15.2. The van der Waals surface area contributed by atoms with Crippen molar-refractivity contribution in [3.05, 3.63) is 84.6 Å². The molecule has 0 radical (unpaired) electrons. The zero-order valence-corrected chi connectivity index (χ0v) is 24.0. The fourth-order valence-electron chi connectivity index (χ4n) is 5.98. The van der Waals surface area contributed by atoms with Crippen LogP contribution in [0, 0.1) is 11.3 Å². The number of hydrogen-bond donors (Lipinski definition) is 1. The second kappa shape index (κ2) is 10.4. The van der Waals surface area contributed by atoms with Gasteiger partial charge in [-0.3, -0.25) is 9.88 Å². The van der Waals surface area contributed by atoms with Crippen molar-refractivity contribution in [2.24, 2.45) is 5.14 Å². The Morgan fingerprint density at radius 3 is 2.47 bits per heavy atom. The van der Waals surface area contributed by atoms with Gasteiger partial charge in [-0.05, 0) is 42.3 Å². The molecule has 12 nitrogen and oxygen atoms in total. The lowest BCUT2D eigenvalue weighted by Crippen LogP contribution is -2.68. The number of primary sulfonamides is 1. The highest BCUT2D eigenvalue weighted by Gasteiger charge is 2.44. The number of nitrogens with two attached hydrogens (primary N) is 1. The van der Waals surface area contributed by atoms with Crippen LogP contribution in [-0.4, -0.2) is 70.2 Å². The lowest BCUT2D eigenvalue weighted by atomic mass is 9.87. The van der Waals surface area contributed by atoms with E-state index in [9.17, 15) is 13.7 Å². The molecule has 43 heavy (non-hydrogen) atoms. The Kier molecular flexibility index (Phi) is 6.54. The SMILES string of the molecule is COc1ccc(CN2C3CC2CN(c2ccc(-c4cc(-c5ccc(S(N)(=O)=O)cn5)cn5ncc(C#N)c45)cn2)C3)cn1. The van der Waals surface area contributed by atoms with Crippen LogP contribution < -0.4 is 14.8 Å². The maximum Gasteiger partial charge on any atom is 0.239 e. The first-order valence-electron chi connectivity index (χ1n) is 13.7. The van der Waals surface area contributed by atoms with E-state index < -0.39 is 10.0 Å². The van der Waals surface area contributed by atoms with E-state index >= 15 is 0 Å². The van der Waals surface area contributed by atoms with Crippen molar-refractivity contribution in [3.63, 3.8) is 0 Å². The number of piperidine rings is 1. The van der Waals surface area contributed by atoms with Gasteiger partial charge in [0.1, 0.15) is 16.8 Å². The predicted molar refractivity (Wildman–Crippen MR) is 158 cm³/mol. The largest absolute Gasteiger partial charge is 0.481 e. The number of methoxy groups -OCH3 is 1. The summed E-state index contributed by atoms with van der Waals surface area (Å²) in [7, 11) is -2.24. The lowest BCUT2D eigenvalue weighted by Gasteiger charge is -2.56. The van der Waals surface area contributed by atoms with Crippen LogP contribution in [0.15, 0.2) is 78.3 Å². The van der Waals surface area contributed by atoms with E-state index in [0.29, 0.717) is 40.3 Å². The Morgan fingerprint density at radius 2 is 1.84 bits per heavy atom. The summed E-state index contributed by atoms with van der Waals surface area (Å²) in [5.41, 5.74) is 5.09. The predicted octanol–water partition coefficient (Wildman–Crippen LogP) is 2.84. The summed E-state index contributed by atoms with van der Waals surface area (Å²) >= 11 is 0. The molecule has 5 aromatic heterocycles. The number of aromatic nitrogens is 5. The van der Waals surface area contributed by atoms with Crippen LogP contribution in [-0.2, 0) is 16.6 Å². The highest BCUT2D eigenvalue weighted by atomic mass is 32.2. The Labute approximate surface area is 248 Å². The number of anilines is 1. The summed E-state index contributed by atoms with van der Waals surface area (Å²) in [6.45, 7) is 2.66. The molecular formula is C30H27N9O3S. The summed E-state index contributed by atoms with van der Waals surface area (Å²) in [6.07, 6.45) is 9.38. The van der Waals surface area contributed by atoms with Crippen LogP contribution in [0.25, 0.3) is 27.9 Å². The van der Waals surface area contributed by atoms with Gasteiger partial charge in [-0.25, -0.2) is 28.0 Å². The minimum Gasteiger partial charge on any atom is -0.481 e. The van der Waals surface area contributed by atoms with E-state index in [0.717, 1.165) is 36.6 Å². The maximum absolute atomic E-state index is 11.7. The summed E-state index contributed by atoms with van der Waals surface area (Å²) in [5.74, 6) is 1.53. The van der Waals surface area contributed by atoms with Crippen LogP contribution >= 0.6 is 0 Å². The van der Waals surface area contributed by atoms with Crippen LogP contribution in [0.4, 0.5) is 5.82 Å². The molecule has 0 spiro atoms. The molecule has 3 saturated heterocycles. The number of nitriles is 1. The smallest absolute Gasteiger partial charge is 0.239 e. The molecule has 13 heteroatoms. The molecule has 0 aliphatic carbocycles. The van der Waals surface area contributed by atoms with Gasteiger partial charge < -0.3 is 9.64 Å². The lowest BCUT2D eigenvalue weighted by molar-refractivity contribution is -0.00876. The molecule has 2 atom stereocenters. The number of pyridine rings is 4. The van der Waals surface area contributed by atoms with Gasteiger partial charge in [0, 0.05) is 79.3 Å². The Morgan fingerprint density at radius 1 is 1.00 bits per heavy atom. The molecule has 5 aromatic rings. The number of ether oxygens (including phenoxy) is 1. The summed E-state index contributed by atoms with van der Waals surface area (Å²) in [5, 5.41) is 19.4. The van der Waals surface area contributed by atoms with E-state index in [1.165, 1.54) is 30.4 Å². The third-order valence-electron chi connectivity index (χ3n) is 8.19. The number of piperazine rings is 1. The zero-order chi connectivity index (χ0) is 29.7. The molecule has 216 valence electrons. The molecule has 2 N–H and O–H groups in total. The van der Waals surface area contributed by atoms with E-state index in [4.69, 9.17) is 14.9 Å². The molecule has 0 saturated carbocycles. The topological polar surface area (TPSA) is 156 Å². The third-order valence-corrected chi connectivity index (χ3v) is 9.09. The summed E-state index contributed by atoms with van der Waals surface area (Å²) in [4.78, 5) is 18.3. The quantitative estimate of drug-likeness (QED) is 0.298. The fraction of sp³-hybridized carbons (Fsp3) is 0.233. The second-order valence-corrected chi connectivity index (χ2v) is 12.3. The standard InChI is InChI=1S/C30H27N9O3S/c1-42-29-7-2-19(11-35-29)15-38-23-9-24(38)18-37(17-23)28-6-3-20(12-34-28)26-8-21(16-39-30(26)22(10-31)13-36-39)27-5-4-25(14-33-27)43(32,40)41/h2-8,11-14,16,23-24H,9,15,17-18H2,1H3,(H2,32,40,41). The van der Waals surface area contributed by atoms with E-state index in [-0.39, 0.29) is 4.90 Å². The van der Waals surface area contributed by atoms with Gasteiger partial charge in [-0.2, -0.15) is 10.4 Å². The van der Waals surface area contributed by atoms with Crippen molar-refractivity contribution < 1.29 is 13.2 Å². The first-order chi connectivity index (χ1) is 20.8. The van der Waals surface area contributed by atoms with Crippen LogP contribution in [0.2, 0.25) is 0 Å². The van der Waals surface area contributed by atoms with Crippen LogP contribution in [0.3, 0.4) is 0 Å². The first kappa shape index (κ1) is 27.0. The van der Waals surface area contributed by atoms with Gasteiger partial charge in [0.05, 0.1) is 30.1 Å². The molecule has 2 bridgehead atoms. The van der Waals surface area contributed by atoms with Gasteiger partial charge in [0.2, 0.25) is 15.9 Å². The normalized spacial score (nSPS) is 18.3. The minimum atomic E-state index is -3.86. The molecule has 3 aliphatic heterocycles. The highest BCUT2D eigenvalue weighted by Crippen LogP contribution is 2.37. The second-order valence-electron chi connectivity index (χ2n) is 10.8. The minimum absolute atomic E-state index is 0.0700. The van der Waals surface area contributed by atoms with Gasteiger partial charge >= 0.3 is 0 Å². The van der Waals surface area contributed by atoms with Crippen molar-refractivity contribution in [1.29, 1.82) is 5.26 Å². The molecule has 3 aliphatic rings. The summed E-state index contributed by atoms with van der Waals surface area (Å²) < 4.78 is 30.2. The molecule has 8 heterocycles. The number of sulfonamides is 1. The molecular weight excluding hydrogens is 566 g/mol. The van der Waals surface area contributed by atoms with Gasteiger partial charge in [0.25, 0.3) is 0 Å². The van der Waals surface area contributed by atoms with E-state index in [1.54, 1.807) is 23.9 Å². The van der Waals surface area contributed by atoms with Gasteiger partial charge in [-0.1, -0.05) is 6.07 Å². The number of rotatable bonds is 7. The molecule has 0 aromatic carbocycles. The average Bonchev–Trinajstić information content (AvgIpc) is 3.46. The number of fused-ring (bicyclic) bond motifs is 3. The Bertz CT molecular complexity index is 1960. The van der Waals surface area contributed by atoms with Crippen LogP contribution in [0.1, 0.15) is 17.5 Å². The summed E-state index contributed by atoms with van der Waals surface area (Å²) in [6, 6.07) is 16.0. The van der Waals surface area contributed by atoms with E-state index in [1.807, 2.05) is 36.7 Å². The highest BCUT2D eigenvalue weighted by molar-refractivity contribution is 7.89. The molecule has 0 amide bonds. The monoisotopic (exact) mass is 593 g/mol. The Hall–Kier alpha value is -4.90. The third kappa shape index (κ3) is 4.95. The number of hydrogen-bond acceptors (Lipinski definition) is 10. The van der Waals surface area contributed by atoms with Crippen LogP contribution in [0.5, 0.6) is 5.88 Å². The molecule has 8 rings (SSSR count). The van der Waals surface area contributed by atoms with Gasteiger partial charge in [0.15, 0.2) is 0 Å². The number of nitrogens with zero attached hydrogens (tertiary/aromatic N) is 8. The molecule has 2 unspecified atom stereocenters.